The summed E-state index contributed by atoms with van der Waals surface area (Å²) >= 11 is 1.63. The molecule has 164 valence electrons. The Labute approximate surface area is 188 Å². The van der Waals surface area contributed by atoms with Gasteiger partial charge in [-0.2, -0.15) is 0 Å². The number of aliphatic hydroxyl groups is 2. The minimum atomic E-state index is -1.35. The zero-order valence-electron chi connectivity index (χ0n) is 17.9. The summed E-state index contributed by atoms with van der Waals surface area (Å²) in [6, 6.07) is 5.52. The lowest BCUT2D eigenvalue weighted by Gasteiger charge is -2.25. The van der Waals surface area contributed by atoms with Gasteiger partial charge in [0.15, 0.2) is 5.65 Å². The second kappa shape index (κ2) is 6.32. The summed E-state index contributed by atoms with van der Waals surface area (Å²) < 4.78 is 1.84. The molecule has 8 nitrogen and oxygen atoms in total. The van der Waals surface area contributed by atoms with E-state index in [0.717, 1.165) is 10.6 Å². The predicted octanol–water partition coefficient (Wildman–Crippen LogP) is 1.27. The zero-order valence-corrected chi connectivity index (χ0v) is 18.7. The lowest BCUT2D eigenvalue weighted by atomic mass is 9.93. The minimum absolute atomic E-state index is 0.0429. The van der Waals surface area contributed by atoms with E-state index in [1.807, 2.05) is 36.7 Å². The zero-order chi connectivity index (χ0) is 22.4. The Balaban J connectivity index is 1.39. The molecule has 2 unspecified atom stereocenters. The summed E-state index contributed by atoms with van der Waals surface area (Å²) in [5.74, 6) is 5.86. The number of nitrogens with one attached hydrogen (secondary N) is 2. The summed E-state index contributed by atoms with van der Waals surface area (Å²) in [7, 11) is 3.38. The number of aliphatic hydroxyl groups excluding tert-OH is 1. The molecular formula is C23H23N5O3S. The van der Waals surface area contributed by atoms with Gasteiger partial charge in [0.05, 0.1) is 34.5 Å². The van der Waals surface area contributed by atoms with Crippen molar-refractivity contribution in [3.8, 4) is 11.8 Å². The largest absolute Gasteiger partial charge is 0.389 e. The van der Waals surface area contributed by atoms with Crippen molar-refractivity contribution in [2.75, 3.05) is 19.4 Å². The van der Waals surface area contributed by atoms with E-state index >= 15 is 0 Å². The third-order valence-corrected chi connectivity index (χ3v) is 8.38. The molecular weight excluding hydrogens is 426 g/mol. The van der Waals surface area contributed by atoms with Crippen LogP contribution in [0.5, 0.6) is 0 Å². The van der Waals surface area contributed by atoms with E-state index < -0.39 is 17.1 Å². The van der Waals surface area contributed by atoms with Gasteiger partial charge in [0, 0.05) is 24.9 Å². The van der Waals surface area contributed by atoms with Crippen LogP contribution in [-0.4, -0.2) is 56.5 Å². The predicted molar refractivity (Wildman–Crippen MR) is 120 cm³/mol. The maximum Gasteiger partial charge on any atom is 0.229 e. The van der Waals surface area contributed by atoms with Crippen molar-refractivity contribution < 1.29 is 15.0 Å². The third-order valence-electron chi connectivity index (χ3n) is 7.46. The van der Waals surface area contributed by atoms with Crippen LogP contribution in [0, 0.1) is 36.0 Å². The first-order chi connectivity index (χ1) is 15.4. The molecule has 3 aliphatic carbocycles. The highest BCUT2D eigenvalue weighted by Crippen LogP contribution is 2.82. The molecule has 3 saturated carbocycles. The number of anilines is 1. The first kappa shape index (κ1) is 19.7. The number of fused-ring (bicyclic) bond motifs is 4. The van der Waals surface area contributed by atoms with Crippen molar-refractivity contribution >= 4 is 34.1 Å². The van der Waals surface area contributed by atoms with Crippen molar-refractivity contribution in [1.82, 2.24) is 19.9 Å². The summed E-state index contributed by atoms with van der Waals surface area (Å²) in [5, 5.41) is 28.1. The number of hydrogen-bond acceptors (Lipinski definition) is 7. The highest BCUT2D eigenvalue weighted by atomic mass is 32.1. The first-order valence-corrected chi connectivity index (χ1v) is 11.4. The molecule has 6 rings (SSSR count). The molecule has 9 heteroatoms. The van der Waals surface area contributed by atoms with Gasteiger partial charge in [-0.05, 0) is 49.3 Å². The molecule has 0 aromatic carbocycles. The number of amides is 1. The molecule has 4 N–H and O–H groups in total. The lowest BCUT2D eigenvalue weighted by Crippen LogP contribution is -2.45. The number of aromatic nitrogens is 3. The smallest absolute Gasteiger partial charge is 0.229 e. The third kappa shape index (κ3) is 2.32. The summed E-state index contributed by atoms with van der Waals surface area (Å²) in [4.78, 5) is 23.8. The Morgan fingerprint density at radius 1 is 1.34 bits per heavy atom. The molecule has 3 aliphatic rings. The number of rotatable bonds is 3. The molecule has 0 bridgehead atoms. The van der Waals surface area contributed by atoms with E-state index in [9.17, 15) is 15.0 Å². The molecule has 3 aromatic rings. The van der Waals surface area contributed by atoms with Crippen LogP contribution in [0.25, 0.3) is 11.2 Å². The van der Waals surface area contributed by atoms with Crippen LogP contribution in [0.2, 0.25) is 0 Å². The molecule has 0 aliphatic heterocycles. The van der Waals surface area contributed by atoms with Gasteiger partial charge < -0.3 is 25.4 Å². The van der Waals surface area contributed by atoms with Crippen molar-refractivity contribution in [1.29, 1.82) is 0 Å². The minimum Gasteiger partial charge on any atom is -0.389 e. The van der Waals surface area contributed by atoms with Crippen molar-refractivity contribution in [2.24, 2.45) is 17.3 Å². The second-order valence-electron chi connectivity index (χ2n) is 8.98. The molecule has 3 fully saturated rings. The van der Waals surface area contributed by atoms with E-state index in [-0.39, 0.29) is 23.8 Å². The van der Waals surface area contributed by atoms with Crippen molar-refractivity contribution in [3.05, 3.63) is 40.0 Å². The Morgan fingerprint density at radius 2 is 2.16 bits per heavy atom. The number of imidazole rings is 1. The quantitative estimate of drug-likeness (QED) is 0.448. The number of aryl methyl sites for hydroxylation is 1. The molecule has 6 atom stereocenters. The summed E-state index contributed by atoms with van der Waals surface area (Å²) in [5.41, 5.74) is 0.473. The number of nitrogens with zero attached hydrogens (tertiary/aromatic N) is 3. The van der Waals surface area contributed by atoms with Crippen LogP contribution < -0.4 is 10.6 Å². The van der Waals surface area contributed by atoms with Gasteiger partial charge in [0.1, 0.15) is 16.8 Å². The van der Waals surface area contributed by atoms with Crippen LogP contribution in [-0.2, 0) is 4.79 Å². The Hall–Kier alpha value is -2.93. The first-order valence-electron chi connectivity index (χ1n) is 10.6. The van der Waals surface area contributed by atoms with Crippen LogP contribution in [0.3, 0.4) is 0 Å². The molecule has 0 radical (unpaired) electrons. The Bertz CT molecular complexity index is 1350. The van der Waals surface area contributed by atoms with Crippen molar-refractivity contribution in [2.45, 2.75) is 31.1 Å². The Morgan fingerprint density at radius 3 is 2.78 bits per heavy atom. The summed E-state index contributed by atoms with van der Waals surface area (Å²) in [6.45, 7) is 2.04. The summed E-state index contributed by atoms with van der Waals surface area (Å²) in [6.07, 6.45) is 1.15. The highest BCUT2D eigenvalue weighted by molar-refractivity contribution is 7.12. The van der Waals surface area contributed by atoms with Crippen LogP contribution in [0.4, 0.5) is 5.69 Å². The second-order valence-corrected chi connectivity index (χ2v) is 10.3. The van der Waals surface area contributed by atoms with Gasteiger partial charge in [-0.3, -0.25) is 4.79 Å². The fourth-order valence-corrected chi connectivity index (χ4v) is 6.59. The van der Waals surface area contributed by atoms with Gasteiger partial charge >= 0.3 is 0 Å². The number of pyridine rings is 1. The van der Waals surface area contributed by atoms with Crippen LogP contribution in [0.1, 0.15) is 27.9 Å². The fraction of sp³-hybridized carbons (Fsp3) is 0.435. The average molecular weight is 450 g/mol. The molecule has 32 heavy (non-hydrogen) atoms. The highest BCUT2D eigenvalue weighted by Gasteiger charge is 2.91. The standard InChI is InChI=1S/C23H23N5O3S/c1-11-4-6-13(32-11)7-5-12-8-15(24-2)17-19(27-12)28(10-26-17)18-16-14-9-22(14,21(30)25-3)20(29)23(16,18)31/h4,6,8,10,14,16,18,20,29,31H,9H2,1-3H3,(H,24,27)(H,25,30)/t14?,16-,18+,20+,22?,23+/m0/s1. The molecule has 3 heterocycles. The van der Waals surface area contributed by atoms with Crippen molar-refractivity contribution in [3.63, 3.8) is 0 Å². The van der Waals surface area contributed by atoms with Gasteiger partial charge in [0.25, 0.3) is 0 Å². The molecule has 3 aromatic heterocycles. The van der Waals surface area contributed by atoms with E-state index in [0.29, 0.717) is 23.3 Å². The van der Waals surface area contributed by atoms with Crippen LogP contribution in [0.15, 0.2) is 24.5 Å². The molecule has 0 saturated heterocycles. The number of carbonyl (C=O) groups excluding carboxylic acids is 1. The number of thiophene rings is 1. The van der Waals surface area contributed by atoms with Gasteiger partial charge in [0.2, 0.25) is 5.91 Å². The van der Waals surface area contributed by atoms with E-state index in [2.05, 4.69) is 27.5 Å². The van der Waals surface area contributed by atoms with Crippen LogP contribution >= 0.6 is 11.3 Å². The number of carbonyl (C=O) groups is 1. The monoisotopic (exact) mass is 449 g/mol. The maximum absolute atomic E-state index is 12.4. The maximum atomic E-state index is 12.4. The molecule has 1 amide bonds. The molecule has 0 spiro atoms. The topological polar surface area (TPSA) is 112 Å². The number of hydrogen-bond donors (Lipinski definition) is 4. The van der Waals surface area contributed by atoms with Gasteiger partial charge in [-0.1, -0.05) is 0 Å². The lowest BCUT2D eigenvalue weighted by molar-refractivity contribution is -0.134. The fourth-order valence-electron chi connectivity index (χ4n) is 5.87. The van der Waals surface area contributed by atoms with Gasteiger partial charge in [-0.15, -0.1) is 11.3 Å². The van der Waals surface area contributed by atoms with E-state index in [1.54, 1.807) is 24.7 Å². The Kier molecular flexibility index (Phi) is 3.89. The average Bonchev–Trinajstić information content (AvgIpc) is 3.49. The normalized spacial score (nSPS) is 33.8. The SMILES string of the molecule is CNC(=O)C12CC1[C@H]1[C@@H](n3cnc4c(NC)cc(C#Cc5ccc(C)s5)nc43)[C@@]1(O)[C@@H]2O. The van der Waals surface area contributed by atoms with E-state index in [1.165, 1.54) is 4.88 Å². The van der Waals surface area contributed by atoms with Gasteiger partial charge in [-0.25, -0.2) is 9.97 Å². The van der Waals surface area contributed by atoms with E-state index in [4.69, 9.17) is 4.98 Å².